The number of amides is 1. The molecule has 0 unspecified atom stereocenters. The molecule has 1 amide bonds. The molecule has 96 valence electrons. The number of nitrogens with zero attached hydrogens (tertiary/aromatic N) is 2. The van der Waals surface area contributed by atoms with E-state index in [1.54, 1.807) is 0 Å². The SMILES string of the molecule is CC1=C(C)C(=O)N(Cc2ccc(N(C)C)cc2)C1. The van der Waals surface area contributed by atoms with Crippen LogP contribution in [0.5, 0.6) is 0 Å². The van der Waals surface area contributed by atoms with E-state index in [9.17, 15) is 4.79 Å². The summed E-state index contributed by atoms with van der Waals surface area (Å²) in [5.74, 6) is 0.171. The second-order valence-corrected chi connectivity index (χ2v) is 5.13. The van der Waals surface area contributed by atoms with E-state index >= 15 is 0 Å². The Morgan fingerprint density at radius 3 is 2.22 bits per heavy atom. The van der Waals surface area contributed by atoms with E-state index in [-0.39, 0.29) is 5.91 Å². The third-order valence-corrected chi connectivity index (χ3v) is 3.50. The van der Waals surface area contributed by atoms with Crippen molar-refractivity contribution in [2.75, 3.05) is 25.5 Å². The van der Waals surface area contributed by atoms with Crippen LogP contribution in [-0.2, 0) is 11.3 Å². The van der Waals surface area contributed by atoms with Crippen LogP contribution in [0.1, 0.15) is 19.4 Å². The summed E-state index contributed by atoms with van der Waals surface area (Å²) < 4.78 is 0. The molecule has 0 spiro atoms. The summed E-state index contributed by atoms with van der Waals surface area (Å²) in [6.07, 6.45) is 0. The summed E-state index contributed by atoms with van der Waals surface area (Å²) in [6, 6.07) is 8.35. The Balaban J connectivity index is 2.05. The van der Waals surface area contributed by atoms with Crippen molar-refractivity contribution in [1.82, 2.24) is 4.90 Å². The molecule has 18 heavy (non-hydrogen) atoms. The molecule has 0 radical (unpaired) electrons. The minimum Gasteiger partial charge on any atom is -0.378 e. The van der Waals surface area contributed by atoms with Gasteiger partial charge in [0.05, 0.1) is 0 Å². The number of rotatable bonds is 3. The predicted octanol–water partition coefficient (Wildman–Crippen LogP) is 2.43. The van der Waals surface area contributed by atoms with Crippen LogP contribution in [-0.4, -0.2) is 31.4 Å². The minimum atomic E-state index is 0.171. The summed E-state index contributed by atoms with van der Waals surface area (Å²) in [5, 5.41) is 0. The van der Waals surface area contributed by atoms with Gasteiger partial charge in [-0.15, -0.1) is 0 Å². The van der Waals surface area contributed by atoms with Gasteiger partial charge in [-0.05, 0) is 37.1 Å². The van der Waals surface area contributed by atoms with E-state index in [4.69, 9.17) is 0 Å². The molecule has 0 saturated carbocycles. The molecular weight excluding hydrogens is 224 g/mol. The lowest BCUT2D eigenvalue weighted by atomic mass is 10.2. The van der Waals surface area contributed by atoms with Crippen molar-refractivity contribution in [3.8, 4) is 0 Å². The maximum absolute atomic E-state index is 12.0. The van der Waals surface area contributed by atoms with Gasteiger partial charge in [-0.1, -0.05) is 12.1 Å². The lowest BCUT2D eigenvalue weighted by Crippen LogP contribution is -2.26. The van der Waals surface area contributed by atoms with Gasteiger partial charge in [-0.25, -0.2) is 0 Å². The van der Waals surface area contributed by atoms with Crippen LogP contribution in [0.4, 0.5) is 5.69 Å². The largest absolute Gasteiger partial charge is 0.378 e. The lowest BCUT2D eigenvalue weighted by Gasteiger charge is -2.18. The molecule has 1 aliphatic rings. The molecule has 1 heterocycles. The molecule has 0 aliphatic carbocycles. The maximum Gasteiger partial charge on any atom is 0.250 e. The van der Waals surface area contributed by atoms with E-state index < -0.39 is 0 Å². The van der Waals surface area contributed by atoms with Crippen molar-refractivity contribution < 1.29 is 4.79 Å². The molecule has 0 fully saturated rings. The van der Waals surface area contributed by atoms with Gasteiger partial charge < -0.3 is 9.80 Å². The smallest absolute Gasteiger partial charge is 0.250 e. The van der Waals surface area contributed by atoms with Crippen LogP contribution < -0.4 is 4.90 Å². The topological polar surface area (TPSA) is 23.6 Å². The van der Waals surface area contributed by atoms with Crippen LogP contribution in [0.25, 0.3) is 0 Å². The van der Waals surface area contributed by atoms with Crippen LogP contribution in [0.2, 0.25) is 0 Å². The van der Waals surface area contributed by atoms with E-state index in [1.807, 2.05) is 32.8 Å². The van der Waals surface area contributed by atoms with Gasteiger partial charge in [0.1, 0.15) is 0 Å². The van der Waals surface area contributed by atoms with E-state index in [0.717, 1.165) is 12.1 Å². The predicted molar refractivity (Wildman–Crippen MR) is 74.6 cm³/mol. The van der Waals surface area contributed by atoms with Crippen LogP contribution >= 0.6 is 0 Å². The van der Waals surface area contributed by atoms with Gasteiger partial charge in [0.15, 0.2) is 0 Å². The van der Waals surface area contributed by atoms with Gasteiger partial charge in [0, 0.05) is 38.4 Å². The summed E-state index contributed by atoms with van der Waals surface area (Å²) >= 11 is 0. The van der Waals surface area contributed by atoms with Gasteiger partial charge in [0.2, 0.25) is 5.91 Å². The van der Waals surface area contributed by atoms with E-state index in [2.05, 4.69) is 29.2 Å². The first-order valence-corrected chi connectivity index (χ1v) is 6.21. The zero-order valence-electron chi connectivity index (χ0n) is 11.5. The Morgan fingerprint density at radius 1 is 1.17 bits per heavy atom. The Hall–Kier alpha value is -1.77. The van der Waals surface area contributed by atoms with Crippen molar-refractivity contribution in [3.05, 3.63) is 41.0 Å². The first kappa shape index (κ1) is 12.7. The summed E-state index contributed by atoms with van der Waals surface area (Å²) in [4.78, 5) is 15.9. The third kappa shape index (κ3) is 2.40. The fraction of sp³-hybridized carbons (Fsp3) is 0.400. The third-order valence-electron chi connectivity index (χ3n) is 3.50. The second kappa shape index (κ2) is 4.84. The van der Waals surface area contributed by atoms with Gasteiger partial charge >= 0.3 is 0 Å². The Kier molecular flexibility index (Phi) is 3.41. The molecule has 1 aliphatic heterocycles. The second-order valence-electron chi connectivity index (χ2n) is 5.13. The number of anilines is 1. The average Bonchev–Trinajstić information content (AvgIpc) is 2.58. The zero-order valence-corrected chi connectivity index (χ0v) is 11.5. The molecule has 0 atom stereocenters. The van der Waals surface area contributed by atoms with Crippen molar-refractivity contribution in [2.45, 2.75) is 20.4 Å². The maximum atomic E-state index is 12.0. The molecule has 3 heteroatoms. The highest BCUT2D eigenvalue weighted by molar-refractivity contribution is 5.96. The molecular formula is C15H20N2O. The monoisotopic (exact) mass is 244 g/mol. The molecule has 3 nitrogen and oxygen atoms in total. The highest BCUT2D eigenvalue weighted by Crippen LogP contribution is 2.21. The van der Waals surface area contributed by atoms with Gasteiger partial charge in [0.25, 0.3) is 0 Å². The number of benzene rings is 1. The Labute approximate surface area is 109 Å². The molecule has 0 N–H and O–H groups in total. The highest BCUT2D eigenvalue weighted by Gasteiger charge is 2.24. The van der Waals surface area contributed by atoms with Crippen molar-refractivity contribution >= 4 is 11.6 Å². The summed E-state index contributed by atoms with van der Waals surface area (Å²) in [7, 11) is 4.05. The average molecular weight is 244 g/mol. The van der Waals surface area contributed by atoms with Gasteiger partial charge in [-0.2, -0.15) is 0 Å². The summed E-state index contributed by atoms with van der Waals surface area (Å²) in [6.45, 7) is 5.40. The minimum absolute atomic E-state index is 0.171. The van der Waals surface area contributed by atoms with E-state index in [1.165, 1.54) is 16.8 Å². The van der Waals surface area contributed by atoms with Crippen LogP contribution in [0, 0.1) is 0 Å². The van der Waals surface area contributed by atoms with Crippen molar-refractivity contribution in [2.24, 2.45) is 0 Å². The van der Waals surface area contributed by atoms with Crippen LogP contribution in [0.3, 0.4) is 0 Å². The lowest BCUT2D eigenvalue weighted by molar-refractivity contribution is -0.125. The Morgan fingerprint density at radius 2 is 1.78 bits per heavy atom. The molecule has 0 aromatic heterocycles. The fourth-order valence-electron chi connectivity index (χ4n) is 2.14. The van der Waals surface area contributed by atoms with Gasteiger partial charge in [-0.3, -0.25) is 4.79 Å². The molecule has 0 saturated heterocycles. The first-order chi connectivity index (χ1) is 8.49. The number of carbonyl (C=O) groups is 1. The molecule has 0 bridgehead atoms. The number of carbonyl (C=O) groups excluding carboxylic acids is 1. The van der Waals surface area contributed by atoms with Crippen molar-refractivity contribution in [1.29, 1.82) is 0 Å². The highest BCUT2D eigenvalue weighted by atomic mass is 16.2. The quantitative estimate of drug-likeness (QED) is 0.815. The molecule has 2 rings (SSSR count). The van der Waals surface area contributed by atoms with Crippen LogP contribution in [0.15, 0.2) is 35.4 Å². The first-order valence-electron chi connectivity index (χ1n) is 6.21. The summed E-state index contributed by atoms with van der Waals surface area (Å²) in [5.41, 5.74) is 4.44. The zero-order chi connectivity index (χ0) is 13.3. The Bertz CT molecular complexity index is 486. The van der Waals surface area contributed by atoms with E-state index in [0.29, 0.717) is 6.54 Å². The molecule has 1 aromatic carbocycles. The standard InChI is InChI=1S/C15H20N2O/c1-11-9-17(15(18)12(11)2)10-13-5-7-14(8-6-13)16(3)4/h5-8H,9-10H2,1-4H3. The molecule has 1 aromatic rings. The number of hydrogen-bond donors (Lipinski definition) is 0. The normalized spacial score (nSPS) is 15.6. The fourth-order valence-corrected chi connectivity index (χ4v) is 2.14. The number of hydrogen-bond acceptors (Lipinski definition) is 2. The van der Waals surface area contributed by atoms with Crippen molar-refractivity contribution in [3.63, 3.8) is 0 Å².